The fraction of sp³-hybridized carbons (Fsp3) is 0.562. The molecule has 0 bridgehead atoms. The van der Waals surface area contributed by atoms with Crippen LogP contribution in [0.25, 0.3) is 11.0 Å². The Morgan fingerprint density at radius 2 is 2.00 bits per heavy atom. The number of methoxy groups -OCH3 is 1. The Hall–Kier alpha value is -1.06. The number of hydrogen-bond acceptors (Lipinski definition) is 2. The summed E-state index contributed by atoms with van der Waals surface area (Å²) in [6.45, 7) is 9.13. The van der Waals surface area contributed by atoms with E-state index in [1.54, 1.807) is 7.11 Å². The molecule has 20 heavy (non-hydrogen) atoms. The molecular formula is C16H23ClN2O. The zero-order valence-electron chi connectivity index (χ0n) is 12.9. The van der Waals surface area contributed by atoms with Gasteiger partial charge in [-0.3, -0.25) is 0 Å². The van der Waals surface area contributed by atoms with Gasteiger partial charge in [-0.15, -0.1) is 11.6 Å². The number of hydrogen-bond donors (Lipinski definition) is 0. The van der Waals surface area contributed by atoms with Crippen LogP contribution in [0.2, 0.25) is 0 Å². The third-order valence-corrected chi connectivity index (χ3v) is 3.86. The Bertz CT molecular complexity index is 589. The van der Waals surface area contributed by atoms with Crippen LogP contribution in [-0.4, -0.2) is 23.3 Å². The lowest BCUT2D eigenvalue weighted by Crippen LogP contribution is -2.22. The second kappa shape index (κ2) is 6.15. The summed E-state index contributed by atoms with van der Waals surface area (Å²) in [7, 11) is 1.74. The molecular weight excluding hydrogens is 272 g/mol. The van der Waals surface area contributed by atoms with Crippen molar-refractivity contribution in [1.82, 2.24) is 9.55 Å². The SMILES string of the molecule is COCC(C(C)C)n1c(C(C)Cl)nc2ccc(C)cc21. The highest BCUT2D eigenvalue weighted by Crippen LogP contribution is 2.31. The third-order valence-electron chi connectivity index (χ3n) is 3.67. The number of fused-ring (bicyclic) bond motifs is 1. The molecule has 0 amide bonds. The molecule has 0 spiro atoms. The average molecular weight is 295 g/mol. The maximum absolute atomic E-state index is 6.34. The van der Waals surface area contributed by atoms with Crippen molar-refractivity contribution in [2.75, 3.05) is 13.7 Å². The monoisotopic (exact) mass is 294 g/mol. The van der Waals surface area contributed by atoms with Crippen molar-refractivity contribution in [2.24, 2.45) is 5.92 Å². The Kier molecular flexibility index (Phi) is 4.71. The summed E-state index contributed by atoms with van der Waals surface area (Å²) < 4.78 is 7.67. The van der Waals surface area contributed by atoms with E-state index < -0.39 is 0 Å². The number of nitrogens with zero attached hydrogens (tertiary/aromatic N) is 2. The zero-order valence-corrected chi connectivity index (χ0v) is 13.6. The lowest BCUT2D eigenvalue weighted by Gasteiger charge is -2.25. The molecule has 0 aliphatic rings. The van der Waals surface area contributed by atoms with Gasteiger partial charge in [0.15, 0.2) is 0 Å². The molecule has 4 heteroatoms. The van der Waals surface area contributed by atoms with E-state index in [9.17, 15) is 0 Å². The Morgan fingerprint density at radius 3 is 2.55 bits per heavy atom. The molecule has 0 saturated heterocycles. The third kappa shape index (κ3) is 2.84. The van der Waals surface area contributed by atoms with Gasteiger partial charge in [0.2, 0.25) is 0 Å². The summed E-state index contributed by atoms with van der Waals surface area (Å²) in [4.78, 5) is 4.71. The van der Waals surface area contributed by atoms with Gasteiger partial charge < -0.3 is 9.30 Å². The van der Waals surface area contributed by atoms with Crippen molar-refractivity contribution >= 4 is 22.6 Å². The normalized spacial score (nSPS) is 14.9. The van der Waals surface area contributed by atoms with Crippen LogP contribution >= 0.6 is 11.6 Å². The fourth-order valence-corrected chi connectivity index (χ4v) is 2.74. The highest BCUT2D eigenvalue weighted by atomic mass is 35.5. The van der Waals surface area contributed by atoms with Crippen LogP contribution in [0.15, 0.2) is 18.2 Å². The van der Waals surface area contributed by atoms with Gasteiger partial charge in [0.25, 0.3) is 0 Å². The Labute approximate surface area is 125 Å². The first-order valence-corrected chi connectivity index (χ1v) is 7.50. The van der Waals surface area contributed by atoms with Crippen molar-refractivity contribution < 1.29 is 4.74 Å². The van der Waals surface area contributed by atoms with E-state index in [0.29, 0.717) is 12.5 Å². The van der Waals surface area contributed by atoms with Gasteiger partial charge in [-0.25, -0.2) is 4.98 Å². The van der Waals surface area contributed by atoms with E-state index in [1.807, 2.05) is 6.92 Å². The maximum Gasteiger partial charge on any atom is 0.128 e. The fourth-order valence-electron chi connectivity index (χ4n) is 2.59. The summed E-state index contributed by atoms with van der Waals surface area (Å²) in [5.74, 6) is 1.37. The van der Waals surface area contributed by atoms with Gasteiger partial charge in [-0.2, -0.15) is 0 Å². The lowest BCUT2D eigenvalue weighted by molar-refractivity contribution is 0.133. The zero-order chi connectivity index (χ0) is 14.9. The van der Waals surface area contributed by atoms with Crippen molar-refractivity contribution in [2.45, 2.75) is 39.1 Å². The van der Waals surface area contributed by atoms with Crippen LogP contribution in [0.5, 0.6) is 0 Å². The standard InChI is InChI=1S/C16H23ClN2O/c1-10(2)15(9-20-5)19-14-8-11(3)6-7-13(14)18-16(19)12(4)17/h6-8,10,12,15H,9H2,1-5H3. The highest BCUT2D eigenvalue weighted by molar-refractivity contribution is 6.20. The topological polar surface area (TPSA) is 27.1 Å². The summed E-state index contributed by atoms with van der Waals surface area (Å²) in [6.07, 6.45) is 0. The molecule has 2 aromatic rings. The van der Waals surface area contributed by atoms with E-state index >= 15 is 0 Å². The minimum Gasteiger partial charge on any atom is -0.383 e. The first kappa shape index (κ1) is 15.3. The molecule has 0 N–H and O–H groups in total. The minimum atomic E-state index is -0.124. The lowest BCUT2D eigenvalue weighted by atomic mass is 10.0. The van der Waals surface area contributed by atoms with E-state index in [4.69, 9.17) is 21.3 Å². The van der Waals surface area contributed by atoms with Gasteiger partial charge in [0, 0.05) is 7.11 Å². The number of benzene rings is 1. The molecule has 1 heterocycles. The van der Waals surface area contributed by atoms with E-state index in [1.165, 1.54) is 5.56 Å². The van der Waals surface area contributed by atoms with Gasteiger partial charge in [-0.05, 0) is 37.5 Å². The molecule has 0 aliphatic carbocycles. The van der Waals surface area contributed by atoms with Crippen LogP contribution in [0.1, 0.15) is 43.6 Å². The molecule has 0 radical (unpaired) electrons. The minimum absolute atomic E-state index is 0.124. The Balaban J connectivity index is 2.68. The largest absolute Gasteiger partial charge is 0.383 e. The first-order valence-electron chi connectivity index (χ1n) is 7.07. The molecule has 1 aromatic heterocycles. The predicted octanol–water partition coefficient (Wildman–Crippen LogP) is 4.49. The number of rotatable bonds is 5. The second-order valence-electron chi connectivity index (χ2n) is 5.71. The Morgan fingerprint density at radius 1 is 1.30 bits per heavy atom. The van der Waals surface area contributed by atoms with Crippen molar-refractivity contribution in [3.63, 3.8) is 0 Å². The molecule has 0 saturated carbocycles. The van der Waals surface area contributed by atoms with E-state index in [2.05, 4.69) is 43.5 Å². The number of imidazole rings is 1. The second-order valence-corrected chi connectivity index (χ2v) is 6.37. The van der Waals surface area contributed by atoms with Gasteiger partial charge in [0.1, 0.15) is 5.82 Å². The molecule has 1 aromatic carbocycles. The van der Waals surface area contributed by atoms with Gasteiger partial charge >= 0.3 is 0 Å². The highest BCUT2D eigenvalue weighted by Gasteiger charge is 2.24. The van der Waals surface area contributed by atoms with Crippen molar-refractivity contribution in [3.8, 4) is 0 Å². The summed E-state index contributed by atoms with van der Waals surface area (Å²) in [5.41, 5.74) is 3.37. The number of aromatic nitrogens is 2. The molecule has 2 atom stereocenters. The van der Waals surface area contributed by atoms with Crippen LogP contribution < -0.4 is 0 Å². The summed E-state index contributed by atoms with van der Waals surface area (Å²) >= 11 is 6.34. The molecule has 0 aliphatic heterocycles. The average Bonchev–Trinajstić information content (AvgIpc) is 2.74. The first-order chi connectivity index (χ1) is 9.45. The van der Waals surface area contributed by atoms with E-state index in [-0.39, 0.29) is 11.4 Å². The van der Waals surface area contributed by atoms with Crippen molar-refractivity contribution in [3.05, 3.63) is 29.6 Å². The number of ether oxygens (including phenoxy) is 1. The molecule has 110 valence electrons. The smallest absolute Gasteiger partial charge is 0.128 e. The molecule has 0 fully saturated rings. The number of alkyl halides is 1. The maximum atomic E-state index is 6.34. The quantitative estimate of drug-likeness (QED) is 0.760. The van der Waals surface area contributed by atoms with E-state index in [0.717, 1.165) is 16.9 Å². The number of aryl methyl sites for hydroxylation is 1. The molecule has 2 rings (SSSR count). The van der Waals surface area contributed by atoms with Gasteiger partial charge in [0.05, 0.1) is 29.1 Å². The predicted molar refractivity (Wildman–Crippen MR) is 84.5 cm³/mol. The van der Waals surface area contributed by atoms with Crippen LogP contribution in [0.3, 0.4) is 0 Å². The molecule has 2 unspecified atom stereocenters. The van der Waals surface area contributed by atoms with Crippen molar-refractivity contribution in [1.29, 1.82) is 0 Å². The summed E-state index contributed by atoms with van der Waals surface area (Å²) in [6, 6.07) is 6.57. The number of halogens is 1. The van der Waals surface area contributed by atoms with Crippen LogP contribution in [0.4, 0.5) is 0 Å². The van der Waals surface area contributed by atoms with Crippen LogP contribution in [-0.2, 0) is 4.74 Å². The van der Waals surface area contributed by atoms with Crippen LogP contribution in [0, 0.1) is 12.8 Å². The van der Waals surface area contributed by atoms with Gasteiger partial charge in [-0.1, -0.05) is 19.9 Å². The molecule has 3 nitrogen and oxygen atoms in total. The summed E-state index contributed by atoms with van der Waals surface area (Å²) in [5, 5.41) is -0.124.